The molecule has 0 aliphatic rings. The van der Waals surface area contributed by atoms with Crippen molar-refractivity contribution in [1.29, 1.82) is 0 Å². The fourth-order valence-corrected chi connectivity index (χ4v) is 3.55. The summed E-state index contributed by atoms with van der Waals surface area (Å²) in [6, 6.07) is 2.32. The van der Waals surface area contributed by atoms with Gasteiger partial charge in [0.2, 0.25) is 0 Å². The molecule has 0 aromatic carbocycles. The third kappa shape index (κ3) is 3.01. The highest BCUT2D eigenvalue weighted by molar-refractivity contribution is 7.21. The number of halogens is 3. The van der Waals surface area contributed by atoms with Crippen LogP contribution in [0.25, 0.3) is 10.2 Å². The van der Waals surface area contributed by atoms with Crippen LogP contribution in [-0.2, 0) is 13.2 Å². The van der Waals surface area contributed by atoms with E-state index in [-0.39, 0.29) is 32.0 Å². The van der Waals surface area contributed by atoms with Gasteiger partial charge in [0.1, 0.15) is 21.1 Å². The molecule has 3 aromatic heterocycles. The predicted molar refractivity (Wildman–Crippen MR) is 89.0 cm³/mol. The third-order valence-corrected chi connectivity index (χ3v) is 4.76. The average molecular weight is 383 g/mol. The second-order valence-electron chi connectivity index (χ2n) is 5.47. The zero-order chi connectivity index (χ0) is 19.2. The third-order valence-electron chi connectivity index (χ3n) is 3.67. The maximum atomic E-state index is 13.0. The molecule has 0 bridgehead atoms. The van der Waals surface area contributed by atoms with E-state index >= 15 is 0 Å². The Kier molecular flexibility index (Phi) is 4.18. The van der Waals surface area contributed by atoms with E-state index < -0.39 is 23.7 Å². The van der Waals surface area contributed by atoms with Crippen molar-refractivity contribution in [2.24, 2.45) is 12.8 Å². The van der Waals surface area contributed by atoms with Crippen molar-refractivity contribution in [3.8, 4) is 0 Å². The summed E-state index contributed by atoms with van der Waals surface area (Å²) in [7, 11) is 1.55. The van der Waals surface area contributed by atoms with Crippen LogP contribution in [0, 0.1) is 6.92 Å². The lowest BCUT2D eigenvalue weighted by Crippen LogP contribution is -2.19. The molecule has 7 nitrogen and oxygen atoms in total. The van der Waals surface area contributed by atoms with Gasteiger partial charge in [-0.3, -0.25) is 14.3 Å². The molecule has 0 fully saturated rings. The summed E-state index contributed by atoms with van der Waals surface area (Å²) in [4.78, 5) is 27.6. The summed E-state index contributed by atoms with van der Waals surface area (Å²) in [5, 5.41) is 6.66. The minimum Gasteiger partial charge on any atom is -0.365 e. The Morgan fingerprint density at radius 3 is 2.58 bits per heavy atom. The maximum absolute atomic E-state index is 13.0. The molecule has 0 saturated heterocycles. The molecule has 3 N–H and O–H groups in total. The maximum Gasteiger partial charge on any atom is 0.433 e. The highest BCUT2D eigenvalue weighted by Gasteiger charge is 2.34. The Morgan fingerprint density at radius 2 is 2.04 bits per heavy atom. The van der Waals surface area contributed by atoms with E-state index in [9.17, 15) is 22.8 Å². The number of amides is 2. The van der Waals surface area contributed by atoms with Gasteiger partial charge in [-0.05, 0) is 24.6 Å². The van der Waals surface area contributed by atoms with Gasteiger partial charge >= 0.3 is 6.18 Å². The van der Waals surface area contributed by atoms with Gasteiger partial charge in [-0.15, -0.1) is 11.3 Å². The lowest BCUT2D eigenvalue weighted by molar-refractivity contribution is -0.141. The normalized spacial score (nSPS) is 11.7. The average Bonchev–Trinajstić information content (AvgIpc) is 3.10. The molecule has 26 heavy (non-hydrogen) atoms. The van der Waals surface area contributed by atoms with Gasteiger partial charge < -0.3 is 11.1 Å². The zero-order valence-electron chi connectivity index (χ0n) is 13.5. The second-order valence-corrected chi connectivity index (χ2v) is 6.47. The number of hydrogen-bond acceptors (Lipinski definition) is 5. The number of hydrogen-bond donors (Lipinski definition) is 2. The number of anilines is 1. The molecule has 0 saturated carbocycles. The molecule has 136 valence electrons. The molecule has 0 aliphatic carbocycles. The van der Waals surface area contributed by atoms with Crippen LogP contribution in [0.5, 0.6) is 0 Å². The predicted octanol–water partition coefficient (Wildman–Crippen LogP) is 2.71. The molecule has 0 atom stereocenters. The Labute approximate surface area is 148 Å². The fourth-order valence-electron chi connectivity index (χ4n) is 2.49. The number of aryl methyl sites for hydroxylation is 2. The number of thiophene rings is 1. The number of carbonyl (C=O) groups excluding carboxylic acids is 2. The van der Waals surface area contributed by atoms with Crippen LogP contribution < -0.4 is 11.1 Å². The molecular weight excluding hydrogens is 371 g/mol. The number of fused-ring (bicyclic) bond motifs is 1. The van der Waals surface area contributed by atoms with Crippen LogP contribution in [0.1, 0.15) is 31.4 Å². The summed E-state index contributed by atoms with van der Waals surface area (Å²) in [6.45, 7) is 1.44. The van der Waals surface area contributed by atoms with Crippen LogP contribution in [0.3, 0.4) is 0 Å². The Morgan fingerprint density at radius 1 is 1.35 bits per heavy atom. The number of nitrogens with one attached hydrogen (secondary N) is 1. The molecule has 3 heterocycles. The fraction of sp³-hybridized carbons (Fsp3) is 0.200. The van der Waals surface area contributed by atoms with Gasteiger partial charge in [-0.25, -0.2) is 4.98 Å². The topological polar surface area (TPSA) is 103 Å². The largest absolute Gasteiger partial charge is 0.433 e. The standard InChI is InChI=1S/C15H12F3N5O2S/c1-6-5-8(15(16,17)18)21-14-9(6)10(11(26-14)12(19)24)22-13(25)7-3-4-20-23(7)2/h3-5H,1-2H3,(H2,19,24)(H,22,25). The van der Waals surface area contributed by atoms with E-state index in [1.54, 1.807) is 7.05 Å². The first-order valence-corrected chi connectivity index (χ1v) is 8.01. The highest BCUT2D eigenvalue weighted by Crippen LogP contribution is 2.39. The molecule has 11 heteroatoms. The number of aromatic nitrogens is 3. The van der Waals surface area contributed by atoms with Crippen LogP contribution in [0.4, 0.5) is 18.9 Å². The number of rotatable bonds is 3. The van der Waals surface area contributed by atoms with Gasteiger partial charge in [-0.1, -0.05) is 0 Å². The number of pyridine rings is 1. The monoisotopic (exact) mass is 383 g/mol. The summed E-state index contributed by atoms with van der Waals surface area (Å²) >= 11 is 0.697. The minimum atomic E-state index is -4.63. The lowest BCUT2D eigenvalue weighted by atomic mass is 10.1. The first kappa shape index (κ1) is 17.9. The van der Waals surface area contributed by atoms with Crippen LogP contribution >= 0.6 is 11.3 Å². The Hall–Kier alpha value is -2.95. The molecule has 0 unspecified atom stereocenters. The quantitative estimate of drug-likeness (QED) is 0.726. The first-order chi connectivity index (χ1) is 12.1. The molecule has 3 rings (SSSR count). The van der Waals surface area contributed by atoms with E-state index in [4.69, 9.17) is 5.73 Å². The number of carbonyl (C=O) groups is 2. The number of nitrogens with two attached hydrogens (primary N) is 1. The summed E-state index contributed by atoms with van der Waals surface area (Å²) in [5.41, 5.74) is 4.71. The van der Waals surface area contributed by atoms with E-state index in [0.29, 0.717) is 11.3 Å². The van der Waals surface area contributed by atoms with Crippen molar-refractivity contribution in [1.82, 2.24) is 14.8 Å². The van der Waals surface area contributed by atoms with E-state index in [1.165, 1.54) is 23.9 Å². The number of alkyl halides is 3. The zero-order valence-corrected chi connectivity index (χ0v) is 14.3. The SMILES string of the molecule is Cc1cc(C(F)(F)F)nc2sc(C(N)=O)c(NC(=O)c3ccnn3C)c12. The van der Waals surface area contributed by atoms with Crippen molar-refractivity contribution in [2.45, 2.75) is 13.1 Å². The van der Waals surface area contributed by atoms with Gasteiger partial charge in [0.15, 0.2) is 0 Å². The van der Waals surface area contributed by atoms with E-state index in [1.807, 2.05) is 0 Å². The van der Waals surface area contributed by atoms with Crippen molar-refractivity contribution < 1.29 is 22.8 Å². The number of nitrogens with zero attached hydrogens (tertiary/aromatic N) is 3. The van der Waals surface area contributed by atoms with Crippen molar-refractivity contribution >= 4 is 39.1 Å². The van der Waals surface area contributed by atoms with Gasteiger partial charge in [0, 0.05) is 18.6 Å². The minimum absolute atomic E-state index is 0.0357. The van der Waals surface area contributed by atoms with E-state index in [2.05, 4.69) is 15.4 Å². The summed E-state index contributed by atoms with van der Waals surface area (Å²) in [6.07, 6.45) is -3.22. The molecule has 3 aromatic rings. The Balaban J connectivity index is 2.17. The van der Waals surface area contributed by atoms with Gasteiger partial charge in [-0.2, -0.15) is 18.3 Å². The molecular formula is C15H12F3N5O2S. The summed E-state index contributed by atoms with van der Waals surface area (Å²) < 4.78 is 40.2. The molecule has 0 radical (unpaired) electrons. The Bertz CT molecular complexity index is 1040. The molecule has 0 aliphatic heterocycles. The van der Waals surface area contributed by atoms with Crippen molar-refractivity contribution in [3.63, 3.8) is 0 Å². The lowest BCUT2D eigenvalue weighted by Gasteiger charge is -2.09. The van der Waals surface area contributed by atoms with Crippen molar-refractivity contribution in [2.75, 3.05) is 5.32 Å². The molecule has 2 amide bonds. The first-order valence-electron chi connectivity index (χ1n) is 7.20. The van der Waals surface area contributed by atoms with Crippen molar-refractivity contribution in [3.05, 3.63) is 40.2 Å². The van der Waals surface area contributed by atoms with Crippen LogP contribution in [0.2, 0.25) is 0 Å². The smallest absolute Gasteiger partial charge is 0.365 e. The van der Waals surface area contributed by atoms with Crippen LogP contribution in [0.15, 0.2) is 18.3 Å². The van der Waals surface area contributed by atoms with E-state index in [0.717, 1.165) is 6.07 Å². The summed E-state index contributed by atoms with van der Waals surface area (Å²) in [5.74, 6) is -1.45. The second kappa shape index (κ2) is 6.09. The molecule has 0 spiro atoms. The van der Waals surface area contributed by atoms with Crippen LogP contribution in [-0.4, -0.2) is 26.6 Å². The van der Waals surface area contributed by atoms with Gasteiger partial charge in [0.05, 0.1) is 5.69 Å². The highest BCUT2D eigenvalue weighted by atomic mass is 32.1. The number of primary amides is 1. The van der Waals surface area contributed by atoms with Gasteiger partial charge in [0.25, 0.3) is 11.8 Å².